The van der Waals surface area contributed by atoms with Gasteiger partial charge in [0, 0.05) is 26.2 Å². The highest BCUT2D eigenvalue weighted by Gasteiger charge is 2.32. The van der Waals surface area contributed by atoms with Gasteiger partial charge in [0.25, 0.3) is 0 Å². The highest BCUT2D eigenvalue weighted by Crippen LogP contribution is 2.33. The SMILES string of the molecule is O=C(C1CCCN(c2nc3c(F)cccc3s2)C1)N1CCc2ccccc2C1. The van der Waals surface area contributed by atoms with Crippen molar-refractivity contribution < 1.29 is 9.18 Å². The summed E-state index contributed by atoms with van der Waals surface area (Å²) in [6, 6.07) is 13.5. The number of para-hydroxylation sites is 1. The van der Waals surface area contributed by atoms with Gasteiger partial charge in [-0.1, -0.05) is 41.7 Å². The minimum Gasteiger partial charge on any atom is -0.347 e. The molecule has 144 valence electrons. The van der Waals surface area contributed by atoms with Gasteiger partial charge in [0.2, 0.25) is 5.91 Å². The van der Waals surface area contributed by atoms with E-state index in [0.717, 1.165) is 42.2 Å². The van der Waals surface area contributed by atoms with Gasteiger partial charge in [0.15, 0.2) is 5.13 Å². The predicted molar refractivity (Wildman–Crippen MR) is 110 cm³/mol. The summed E-state index contributed by atoms with van der Waals surface area (Å²) < 4.78 is 14.9. The molecule has 3 heterocycles. The molecular formula is C22H22FN3OS. The topological polar surface area (TPSA) is 36.4 Å². The van der Waals surface area contributed by atoms with Crippen LogP contribution in [-0.2, 0) is 17.8 Å². The molecule has 0 saturated carbocycles. The lowest BCUT2D eigenvalue weighted by molar-refractivity contribution is -0.136. The van der Waals surface area contributed by atoms with Gasteiger partial charge in [-0.15, -0.1) is 0 Å². The minimum atomic E-state index is -0.281. The Kier molecular flexibility index (Phi) is 4.51. The van der Waals surface area contributed by atoms with Crippen LogP contribution in [-0.4, -0.2) is 35.4 Å². The van der Waals surface area contributed by atoms with Gasteiger partial charge < -0.3 is 9.80 Å². The Morgan fingerprint density at radius 3 is 2.82 bits per heavy atom. The van der Waals surface area contributed by atoms with Crippen LogP contribution in [0.25, 0.3) is 10.2 Å². The molecule has 0 radical (unpaired) electrons. The van der Waals surface area contributed by atoms with Crippen LogP contribution in [0.4, 0.5) is 9.52 Å². The van der Waals surface area contributed by atoms with Crippen molar-refractivity contribution in [2.45, 2.75) is 25.8 Å². The van der Waals surface area contributed by atoms with Crippen LogP contribution in [0.1, 0.15) is 24.0 Å². The van der Waals surface area contributed by atoms with Gasteiger partial charge in [-0.25, -0.2) is 9.37 Å². The Morgan fingerprint density at radius 1 is 1.11 bits per heavy atom. The van der Waals surface area contributed by atoms with E-state index < -0.39 is 0 Å². The molecule has 0 aliphatic carbocycles. The first kappa shape index (κ1) is 17.6. The molecule has 6 heteroatoms. The molecule has 0 N–H and O–H groups in total. The van der Waals surface area contributed by atoms with Crippen molar-refractivity contribution in [1.82, 2.24) is 9.88 Å². The third kappa shape index (κ3) is 3.15. The van der Waals surface area contributed by atoms with Crippen molar-refractivity contribution in [3.63, 3.8) is 0 Å². The van der Waals surface area contributed by atoms with Gasteiger partial charge in [-0.3, -0.25) is 4.79 Å². The summed E-state index contributed by atoms with van der Waals surface area (Å²) in [5.74, 6) is -0.0565. The third-order valence-electron chi connectivity index (χ3n) is 5.84. The maximum Gasteiger partial charge on any atom is 0.227 e. The molecule has 0 spiro atoms. The summed E-state index contributed by atoms with van der Waals surface area (Å²) in [6.07, 6.45) is 2.79. The zero-order chi connectivity index (χ0) is 19.1. The largest absolute Gasteiger partial charge is 0.347 e. The molecule has 1 fully saturated rings. The normalized spacial score (nSPS) is 19.7. The summed E-state index contributed by atoms with van der Waals surface area (Å²) >= 11 is 1.51. The first-order valence-electron chi connectivity index (χ1n) is 9.84. The molecular weight excluding hydrogens is 373 g/mol. The zero-order valence-electron chi connectivity index (χ0n) is 15.6. The molecule has 4 nitrogen and oxygen atoms in total. The fraction of sp³-hybridized carbons (Fsp3) is 0.364. The maximum absolute atomic E-state index is 14.0. The molecule has 2 aliphatic rings. The molecule has 1 unspecified atom stereocenters. The third-order valence-corrected chi connectivity index (χ3v) is 6.92. The summed E-state index contributed by atoms with van der Waals surface area (Å²) in [7, 11) is 0. The first-order chi connectivity index (χ1) is 13.7. The molecule has 1 aromatic heterocycles. The van der Waals surface area contributed by atoms with Gasteiger partial charge >= 0.3 is 0 Å². The number of fused-ring (bicyclic) bond motifs is 2. The summed E-state index contributed by atoms with van der Waals surface area (Å²) in [5, 5.41) is 0.821. The number of thiazole rings is 1. The molecule has 2 aromatic carbocycles. The average molecular weight is 396 g/mol. The number of nitrogens with zero attached hydrogens (tertiary/aromatic N) is 3. The van der Waals surface area contributed by atoms with E-state index in [1.807, 2.05) is 17.0 Å². The van der Waals surface area contributed by atoms with Crippen LogP contribution >= 0.6 is 11.3 Å². The Balaban J connectivity index is 1.32. The Bertz CT molecular complexity index is 1030. The first-order valence-corrected chi connectivity index (χ1v) is 10.7. The van der Waals surface area contributed by atoms with Crippen molar-refractivity contribution in [2.75, 3.05) is 24.5 Å². The summed E-state index contributed by atoms with van der Waals surface area (Å²) in [5.41, 5.74) is 3.05. The second kappa shape index (κ2) is 7.17. The summed E-state index contributed by atoms with van der Waals surface area (Å²) in [4.78, 5) is 21.9. The van der Waals surface area contributed by atoms with Crippen molar-refractivity contribution in [3.05, 3.63) is 59.4 Å². The molecule has 1 saturated heterocycles. The monoisotopic (exact) mass is 395 g/mol. The smallest absolute Gasteiger partial charge is 0.227 e. The fourth-order valence-electron chi connectivity index (χ4n) is 4.33. The van der Waals surface area contributed by atoms with E-state index in [1.165, 1.54) is 28.5 Å². The fourth-order valence-corrected chi connectivity index (χ4v) is 5.35. The van der Waals surface area contributed by atoms with Crippen molar-refractivity contribution >= 4 is 32.6 Å². The van der Waals surface area contributed by atoms with E-state index in [2.05, 4.69) is 28.1 Å². The lowest BCUT2D eigenvalue weighted by Crippen LogP contribution is -2.46. The van der Waals surface area contributed by atoms with Gasteiger partial charge in [-0.05, 0) is 42.5 Å². The van der Waals surface area contributed by atoms with Crippen molar-refractivity contribution in [1.29, 1.82) is 0 Å². The molecule has 5 rings (SSSR count). The zero-order valence-corrected chi connectivity index (χ0v) is 16.4. The van der Waals surface area contributed by atoms with Gasteiger partial charge in [0.05, 0.1) is 10.6 Å². The van der Waals surface area contributed by atoms with E-state index in [4.69, 9.17) is 0 Å². The van der Waals surface area contributed by atoms with Crippen LogP contribution in [0, 0.1) is 11.7 Å². The van der Waals surface area contributed by atoms with Crippen LogP contribution in [0.3, 0.4) is 0 Å². The molecule has 0 bridgehead atoms. The lowest BCUT2D eigenvalue weighted by atomic mass is 9.94. The van der Waals surface area contributed by atoms with Gasteiger partial charge in [0.1, 0.15) is 11.3 Å². The van der Waals surface area contributed by atoms with E-state index in [-0.39, 0.29) is 17.6 Å². The number of halogens is 1. The Hall–Kier alpha value is -2.47. The maximum atomic E-state index is 14.0. The number of rotatable bonds is 2. The molecule has 28 heavy (non-hydrogen) atoms. The van der Waals surface area contributed by atoms with Crippen LogP contribution in [0.5, 0.6) is 0 Å². The van der Waals surface area contributed by atoms with Gasteiger partial charge in [-0.2, -0.15) is 0 Å². The van der Waals surface area contributed by atoms with E-state index in [9.17, 15) is 9.18 Å². The number of hydrogen-bond donors (Lipinski definition) is 0. The van der Waals surface area contributed by atoms with Crippen LogP contribution in [0.2, 0.25) is 0 Å². The highest BCUT2D eigenvalue weighted by molar-refractivity contribution is 7.22. The van der Waals surface area contributed by atoms with Crippen LogP contribution in [0.15, 0.2) is 42.5 Å². The summed E-state index contributed by atoms with van der Waals surface area (Å²) in [6.45, 7) is 3.03. The number of hydrogen-bond acceptors (Lipinski definition) is 4. The average Bonchev–Trinajstić information content (AvgIpc) is 3.19. The molecule has 2 aliphatic heterocycles. The lowest BCUT2D eigenvalue weighted by Gasteiger charge is -2.36. The number of piperidine rings is 1. The number of carbonyl (C=O) groups is 1. The van der Waals surface area contributed by atoms with E-state index >= 15 is 0 Å². The number of carbonyl (C=O) groups excluding carboxylic acids is 1. The number of benzene rings is 2. The van der Waals surface area contributed by atoms with Crippen LogP contribution < -0.4 is 4.90 Å². The highest BCUT2D eigenvalue weighted by atomic mass is 32.1. The van der Waals surface area contributed by atoms with E-state index in [1.54, 1.807) is 6.07 Å². The minimum absolute atomic E-state index is 0.0177. The quantitative estimate of drug-likeness (QED) is 0.651. The number of amides is 1. The molecule has 3 aromatic rings. The Labute approximate surface area is 167 Å². The standard InChI is InChI=1S/C22H22FN3OS/c23-18-8-3-9-19-20(18)24-22(28-19)26-11-4-7-17(14-26)21(27)25-12-10-15-5-1-2-6-16(15)13-25/h1-3,5-6,8-9,17H,4,7,10-14H2. The van der Waals surface area contributed by atoms with Crippen molar-refractivity contribution in [3.8, 4) is 0 Å². The Morgan fingerprint density at radius 2 is 1.96 bits per heavy atom. The second-order valence-electron chi connectivity index (χ2n) is 7.65. The molecule has 1 amide bonds. The number of anilines is 1. The predicted octanol–water partition coefficient (Wildman–Crippen LogP) is 4.24. The number of aromatic nitrogens is 1. The van der Waals surface area contributed by atoms with E-state index in [0.29, 0.717) is 18.6 Å². The molecule has 1 atom stereocenters. The van der Waals surface area contributed by atoms with Crippen molar-refractivity contribution in [2.24, 2.45) is 5.92 Å². The second-order valence-corrected chi connectivity index (χ2v) is 8.66.